The summed E-state index contributed by atoms with van der Waals surface area (Å²) in [6.45, 7) is 0. The normalized spacial score (nSPS) is 10.5. The lowest BCUT2D eigenvalue weighted by Crippen LogP contribution is -2.17. The number of nitro groups is 1. The minimum Gasteiger partial charge on any atom is -0.365 e. The van der Waals surface area contributed by atoms with Crippen LogP contribution in [-0.2, 0) is 0 Å². The first-order chi connectivity index (χ1) is 7.36. The van der Waals surface area contributed by atoms with Gasteiger partial charge in [0.1, 0.15) is 5.56 Å². The van der Waals surface area contributed by atoms with Crippen molar-refractivity contribution in [1.82, 2.24) is 4.98 Å². The van der Waals surface area contributed by atoms with E-state index in [0.29, 0.717) is 0 Å². The first kappa shape index (κ1) is 12.7. The second-order valence-electron chi connectivity index (χ2n) is 2.64. The quantitative estimate of drug-likeness (QED) is 0.512. The van der Waals surface area contributed by atoms with Gasteiger partial charge in [-0.05, 0) is 22.6 Å². The number of pyridine rings is 1. The summed E-state index contributed by atoms with van der Waals surface area (Å²) in [5, 5.41) is 10.6. The van der Waals surface area contributed by atoms with Crippen LogP contribution >= 0.6 is 22.6 Å². The molecule has 9 heteroatoms. The van der Waals surface area contributed by atoms with Gasteiger partial charge in [0.05, 0.1) is 8.49 Å². The van der Waals surface area contributed by atoms with Crippen molar-refractivity contribution < 1.29 is 18.5 Å². The van der Waals surface area contributed by atoms with Gasteiger partial charge >= 0.3 is 5.69 Å². The number of carbonyl (C=O) groups is 1. The van der Waals surface area contributed by atoms with Crippen LogP contribution in [0.2, 0.25) is 0 Å². The van der Waals surface area contributed by atoms with Crippen molar-refractivity contribution in [2.75, 3.05) is 0 Å². The van der Waals surface area contributed by atoms with Crippen molar-refractivity contribution in [1.29, 1.82) is 0 Å². The Hall–Kier alpha value is -1.39. The number of hydrogen-bond acceptors (Lipinski definition) is 4. The molecule has 1 amide bonds. The van der Waals surface area contributed by atoms with Gasteiger partial charge in [0, 0.05) is 6.20 Å². The van der Waals surface area contributed by atoms with E-state index in [2.05, 4.69) is 4.98 Å². The molecule has 0 spiro atoms. The van der Waals surface area contributed by atoms with Crippen LogP contribution in [0, 0.1) is 13.7 Å². The smallest absolute Gasteiger partial charge is 0.310 e. The molecule has 0 saturated heterocycles. The van der Waals surface area contributed by atoms with Crippen molar-refractivity contribution in [3.05, 3.63) is 31.1 Å². The maximum absolute atomic E-state index is 12.4. The molecule has 2 N–H and O–H groups in total. The average molecular weight is 343 g/mol. The highest BCUT2D eigenvalue weighted by Crippen LogP contribution is 2.32. The number of aromatic nitrogens is 1. The Kier molecular flexibility index (Phi) is 3.67. The summed E-state index contributed by atoms with van der Waals surface area (Å²) in [6.07, 6.45) is -2.20. The third-order valence-corrected chi connectivity index (χ3v) is 2.49. The summed E-state index contributed by atoms with van der Waals surface area (Å²) in [6, 6.07) is 0. The van der Waals surface area contributed by atoms with E-state index < -0.39 is 34.2 Å². The van der Waals surface area contributed by atoms with Crippen LogP contribution < -0.4 is 5.73 Å². The summed E-state index contributed by atoms with van der Waals surface area (Å²) >= 11 is 1.56. The van der Waals surface area contributed by atoms with Gasteiger partial charge in [0.25, 0.3) is 12.3 Å². The van der Waals surface area contributed by atoms with Gasteiger partial charge in [-0.2, -0.15) is 0 Å². The number of nitrogens with two attached hydrogens (primary N) is 1. The van der Waals surface area contributed by atoms with E-state index in [1.165, 1.54) is 0 Å². The van der Waals surface area contributed by atoms with Gasteiger partial charge < -0.3 is 5.73 Å². The summed E-state index contributed by atoms with van der Waals surface area (Å²) in [4.78, 5) is 23.7. The van der Waals surface area contributed by atoms with Crippen LogP contribution in [0.1, 0.15) is 22.5 Å². The van der Waals surface area contributed by atoms with Crippen LogP contribution in [0.5, 0.6) is 0 Å². The SMILES string of the molecule is NC(=O)c1c(I)cnc(C(F)F)c1[N+](=O)[O-]. The van der Waals surface area contributed by atoms with Gasteiger partial charge in [-0.25, -0.2) is 13.8 Å². The Morgan fingerprint density at radius 2 is 2.19 bits per heavy atom. The topological polar surface area (TPSA) is 99.1 Å². The predicted octanol–water partition coefficient (Wildman–Crippen LogP) is 1.63. The van der Waals surface area contributed by atoms with E-state index in [1.807, 2.05) is 0 Å². The number of nitrogens with zero attached hydrogens (tertiary/aromatic N) is 2. The first-order valence-corrected chi connectivity index (χ1v) is 4.84. The molecule has 1 aromatic heterocycles. The zero-order chi connectivity index (χ0) is 12.5. The molecule has 6 nitrogen and oxygen atoms in total. The number of rotatable bonds is 3. The minimum atomic E-state index is -3.14. The lowest BCUT2D eigenvalue weighted by molar-refractivity contribution is -0.386. The molecule has 0 radical (unpaired) electrons. The van der Waals surface area contributed by atoms with E-state index >= 15 is 0 Å². The molecule has 0 saturated carbocycles. The molecule has 1 heterocycles. The molecule has 0 aromatic carbocycles. The number of carbonyl (C=O) groups excluding carboxylic acids is 1. The van der Waals surface area contributed by atoms with Gasteiger partial charge in [0.2, 0.25) is 0 Å². The molecular formula is C7H4F2IN3O3. The highest BCUT2D eigenvalue weighted by molar-refractivity contribution is 14.1. The van der Waals surface area contributed by atoms with Crippen LogP contribution in [-0.4, -0.2) is 15.8 Å². The van der Waals surface area contributed by atoms with E-state index in [-0.39, 0.29) is 3.57 Å². The molecular weight excluding hydrogens is 339 g/mol. The van der Waals surface area contributed by atoms with Crippen LogP contribution in [0.4, 0.5) is 14.5 Å². The average Bonchev–Trinajstić information content (AvgIpc) is 2.15. The first-order valence-electron chi connectivity index (χ1n) is 3.77. The van der Waals surface area contributed by atoms with Crippen molar-refractivity contribution in [3.63, 3.8) is 0 Å². The van der Waals surface area contributed by atoms with Crippen LogP contribution in [0.3, 0.4) is 0 Å². The molecule has 0 aliphatic carbocycles. The lowest BCUT2D eigenvalue weighted by atomic mass is 10.1. The van der Waals surface area contributed by atoms with Gasteiger partial charge in [0.15, 0.2) is 5.69 Å². The molecule has 0 aliphatic rings. The summed E-state index contributed by atoms with van der Waals surface area (Å²) in [5.74, 6) is -1.14. The monoisotopic (exact) mass is 343 g/mol. The zero-order valence-corrected chi connectivity index (χ0v) is 9.64. The highest BCUT2D eigenvalue weighted by atomic mass is 127. The van der Waals surface area contributed by atoms with Gasteiger partial charge in [-0.15, -0.1) is 0 Å². The van der Waals surface area contributed by atoms with E-state index in [0.717, 1.165) is 6.20 Å². The summed E-state index contributed by atoms with van der Waals surface area (Å²) in [7, 11) is 0. The Morgan fingerprint density at radius 3 is 2.56 bits per heavy atom. The maximum Gasteiger partial charge on any atom is 0.310 e. The Bertz CT molecular complexity index is 466. The Labute approximate surface area is 101 Å². The lowest BCUT2D eigenvalue weighted by Gasteiger charge is -2.05. The van der Waals surface area contributed by atoms with Gasteiger partial charge in [-0.3, -0.25) is 14.9 Å². The van der Waals surface area contributed by atoms with Crippen molar-refractivity contribution >= 4 is 34.2 Å². The fourth-order valence-electron chi connectivity index (χ4n) is 1.07. The van der Waals surface area contributed by atoms with Crippen LogP contribution in [0.25, 0.3) is 0 Å². The molecule has 0 bridgehead atoms. The number of primary amides is 1. The number of alkyl halides is 2. The Balaban J connectivity index is 3.63. The molecule has 86 valence electrons. The third-order valence-electron chi connectivity index (χ3n) is 1.67. The van der Waals surface area contributed by atoms with Crippen molar-refractivity contribution in [3.8, 4) is 0 Å². The number of amides is 1. The molecule has 0 aliphatic heterocycles. The molecule has 0 fully saturated rings. The predicted molar refractivity (Wildman–Crippen MR) is 57.1 cm³/mol. The Morgan fingerprint density at radius 1 is 1.62 bits per heavy atom. The molecule has 0 atom stereocenters. The van der Waals surface area contributed by atoms with Crippen molar-refractivity contribution in [2.45, 2.75) is 6.43 Å². The van der Waals surface area contributed by atoms with Crippen molar-refractivity contribution in [2.24, 2.45) is 5.73 Å². The van der Waals surface area contributed by atoms with E-state index in [1.54, 1.807) is 22.6 Å². The minimum absolute atomic E-state index is 0.0567. The molecule has 1 aromatic rings. The van der Waals surface area contributed by atoms with Gasteiger partial charge in [-0.1, -0.05) is 0 Å². The van der Waals surface area contributed by atoms with E-state index in [4.69, 9.17) is 5.73 Å². The third kappa shape index (κ3) is 2.23. The number of hydrogen-bond donors (Lipinski definition) is 1. The molecule has 16 heavy (non-hydrogen) atoms. The summed E-state index contributed by atoms with van der Waals surface area (Å²) in [5.41, 5.74) is 2.27. The standard InChI is InChI=1S/C7H4F2IN3O3/c8-6(9)4-5(13(15)16)3(7(11)14)2(10)1-12-4/h1,6H,(H2,11,14). The molecule has 1 rings (SSSR count). The summed E-state index contributed by atoms with van der Waals surface area (Å²) < 4.78 is 24.9. The number of halogens is 3. The second-order valence-corrected chi connectivity index (χ2v) is 3.80. The van der Waals surface area contributed by atoms with Crippen LogP contribution in [0.15, 0.2) is 6.20 Å². The zero-order valence-electron chi connectivity index (χ0n) is 7.49. The largest absolute Gasteiger partial charge is 0.365 e. The maximum atomic E-state index is 12.4. The second kappa shape index (κ2) is 4.63. The fraction of sp³-hybridized carbons (Fsp3) is 0.143. The fourth-order valence-corrected chi connectivity index (χ4v) is 1.73. The van der Waals surface area contributed by atoms with E-state index in [9.17, 15) is 23.7 Å². The molecule has 0 unspecified atom stereocenters. The highest BCUT2D eigenvalue weighted by Gasteiger charge is 2.31.